The van der Waals surface area contributed by atoms with E-state index in [4.69, 9.17) is 20.4 Å². The minimum Gasteiger partial charge on any atom is -0.394 e. The van der Waals surface area contributed by atoms with Crippen LogP contribution < -0.4 is 0 Å². The summed E-state index contributed by atoms with van der Waals surface area (Å²) in [4.78, 5) is 0. The smallest absolute Gasteiger partial charge is 0.184 e. The van der Waals surface area contributed by atoms with Gasteiger partial charge >= 0.3 is 0 Å². The molecule has 0 aromatic carbocycles. The van der Waals surface area contributed by atoms with Crippen LogP contribution in [-0.4, -0.2) is 51.6 Å². The van der Waals surface area contributed by atoms with Gasteiger partial charge in [0.05, 0.1) is 6.61 Å². The number of hydrogen-bond acceptors (Lipinski definition) is 5. The van der Waals surface area contributed by atoms with Gasteiger partial charge in [-0.2, -0.15) is 0 Å². The van der Waals surface area contributed by atoms with Gasteiger partial charge in [0.2, 0.25) is 0 Å². The van der Waals surface area contributed by atoms with Crippen molar-refractivity contribution < 1.29 is 57.9 Å². The van der Waals surface area contributed by atoms with E-state index >= 15 is 0 Å². The first-order valence-electron chi connectivity index (χ1n) is 2.97. The second-order valence-electron chi connectivity index (χ2n) is 2.23. The first kappa shape index (κ1) is 11.9. The van der Waals surface area contributed by atoms with E-state index in [1.165, 1.54) is 0 Å². The molecule has 1 aliphatic rings. The van der Waals surface area contributed by atoms with E-state index in [1.54, 1.807) is 0 Å². The van der Waals surface area contributed by atoms with Crippen molar-refractivity contribution in [1.29, 1.82) is 0 Å². The Morgan fingerprint density at radius 2 is 1.64 bits per heavy atom. The van der Waals surface area contributed by atoms with Crippen molar-refractivity contribution in [3.8, 4) is 0 Å². The number of ether oxygens (including phenoxy) is 1. The second-order valence-corrected chi connectivity index (χ2v) is 2.23. The Balaban J connectivity index is 0.000001000. The van der Waals surface area contributed by atoms with Gasteiger partial charge in [0.1, 0.15) is 18.3 Å². The van der Waals surface area contributed by atoms with Crippen LogP contribution in [-0.2, 0) is 37.4 Å². The van der Waals surface area contributed by atoms with E-state index < -0.39 is 31.2 Å². The molecule has 5 nitrogen and oxygen atoms in total. The van der Waals surface area contributed by atoms with Crippen molar-refractivity contribution >= 4 is 0 Å². The Morgan fingerprint density at radius 1 is 1.09 bits per heavy atom. The summed E-state index contributed by atoms with van der Waals surface area (Å²) in [6.07, 6.45) is -4.76. The van der Waals surface area contributed by atoms with Crippen molar-refractivity contribution in [3.05, 3.63) is 0 Å². The number of rotatable bonds is 1. The van der Waals surface area contributed by atoms with Gasteiger partial charge in [0.15, 0.2) is 6.29 Å². The molecule has 11 heavy (non-hydrogen) atoms. The fourth-order valence-corrected chi connectivity index (χ4v) is 0.880. The zero-order chi connectivity index (χ0) is 7.72. The van der Waals surface area contributed by atoms with Crippen molar-refractivity contribution in [3.63, 3.8) is 0 Å². The molecule has 0 aromatic rings. The molecule has 1 fully saturated rings. The molecule has 1 saturated heterocycles. The minimum absolute atomic E-state index is 0. The first-order valence-corrected chi connectivity index (χ1v) is 2.97. The molecule has 1 radical (unpaired) electrons. The van der Waals surface area contributed by atoms with Crippen molar-refractivity contribution in [2.75, 3.05) is 6.61 Å². The summed E-state index contributed by atoms with van der Waals surface area (Å²) < 4.78 is 4.54. The molecule has 4 N–H and O–H groups in total. The van der Waals surface area contributed by atoms with Gasteiger partial charge < -0.3 is 25.2 Å². The molecular formula is C5H10O5Y. The van der Waals surface area contributed by atoms with Gasteiger partial charge in [-0.25, -0.2) is 0 Å². The SMILES string of the molecule is OCC1OC(O)C(O)C1O.[Y]. The Hall–Kier alpha value is 0.904. The van der Waals surface area contributed by atoms with Crippen molar-refractivity contribution in [2.45, 2.75) is 24.6 Å². The van der Waals surface area contributed by atoms with Crippen LogP contribution in [0.1, 0.15) is 0 Å². The molecule has 4 unspecified atom stereocenters. The van der Waals surface area contributed by atoms with Gasteiger partial charge in [-0.15, -0.1) is 0 Å². The molecular weight excluding hydrogens is 229 g/mol. The van der Waals surface area contributed by atoms with E-state index in [9.17, 15) is 0 Å². The van der Waals surface area contributed by atoms with Crippen molar-refractivity contribution in [1.82, 2.24) is 0 Å². The molecule has 0 saturated carbocycles. The zero-order valence-electron chi connectivity index (χ0n) is 5.79. The maximum absolute atomic E-state index is 8.93. The van der Waals surface area contributed by atoms with Crippen LogP contribution in [0.15, 0.2) is 0 Å². The molecule has 63 valence electrons. The van der Waals surface area contributed by atoms with Crippen LogP contribution in [0.2, 0.25) is 0 Å². The van der Waals surface area contributed by atoms with E-state index in [0.29, 0.717) is 0 Å². The first-order chi connectivity index (χ1) is 4.66. The molecule has 1 aliphatic heterocycles. The van der Waals surface area contributed by atoms with Crippen LogP contribution in [0, 0.1) is 0 Å². The fourth-order valence-electron chi connectivity index (χ4n) is 0.880. The molecule has 0 aliphatic carbocycles. The second kappa shape index (κ2) is 4.81. The Morgan fingerprint density at radius 3 is 1.82 bits per heavy atom. The van der Waals surface area contributed by atoms with Crippen LogP contribution in [0.25, 0.3) is 0 Å². The third-order valence-corrected chi connectivity index (χ3v) is 1.52. The summed E-state index contributed by atoms with van der Waals surface area (Å²) in [5.41, 5.74) is 0. The Labute approximate surface area is 88.9 Å². The van der Waals surface area contributed by atoms with Crippen LogP contribution in [0.4, 0.5) is 0 Å². The van der Waals surface area contributed by atoms with E-state index in [1.807, 2.05) is 0 Å². The minimum atomic E-state index is -1.38. The largest absolute Gasteiger partial charge is 0.394 e. The van der Waals surface area contributed by atoms with Gasteiger partial charge in [0, 0.05) is 32.7 Å². The summed E-state index contributed by atoms with van der Waals surface area (Å²) in [6, 6.07) is 0. The predicted molar refractivity (Wildman–Crippen MR) is 30.0 cm³/mol. The number of aliphatic hydroxyl groups excluding tert-OH is 4. The van der Waals surface area contributed by atoms with E-state index in [-0.39, 0.29) is 32.7 Å². The molecule has 0 aromatic heterocycles. The third-order valence-electron chi connectivity index (χ3n) is 1.52. The standard InChI is InChI=1S/C5H10O5.Y/c6-1-2-3(7)4(8)5(9)10-2;/h2-9H,1H2;. The Bertz CT molecular complexity index is 121. The monoisotopic (exact) mass is 239 g/mol. The van der Waals surface area contributed by atoms with Crippen molar-refractivity contribution in [2.24, 2.45) is 0 Å². The molecule has 4 atom stereocenters. The number of hydrogen-bond donors (Lipinski definition) is 4. The summed E-state index contributed by atoms with van der Waals surface area (Å²) in [7, 11) is 0. The van der Waals surface area contributed by atoms with E-state index in [0.717, 1.165) is 0 Å². The predicted octanol–water partition coefficient (Wildman–Crippen LogP) is -2.58. The van der Waals surface area contributed by atoms with Crippen LogP contribution in [0.3, 0.4) is 0 Å². The summed E-state index contributed by atoms with van der Waals surface area (Å²) in [5, 5.41) is 35.0. The molecule has 0 bridgehead atoms. The average Bonchev–Trinajstić information content (AvgIpc) is 2.17. The zero-order valence-corrected chi connectivity index (χ0v) is 8.63. The van der Waals surface area contributed by atoms with Gasteiger partial charge in [-0.05, 0) is 0 Å². The molecule has 1 rings (SSSR count). The average molecular weight is 239 g/mol. The molecule has 0 spiro atoms. The fraction of sp³-hybridized carbons (Fsp3) is 1.00. The molecule has 0 amide bonds. The van der Waals surface area contributed by atoms with Gasteiger partial charge in [-0.1, -0.05) is 0 Å². The topological polar surface area (TPSA) is 90.2 Å². The van der Waals surface area contributed by atoms with Gasteiger partial charge in [-0.3, -0.25) is 0 Å². The van der Waals surface area contributed by atoms with Crippen LogP contribution >= 0.6 is 0 Å². The summed E-state index contributed by atoms with van der Waals surface area (Å²) in [5.74, 6) is 0. The maximum Gasteiger partial charge on any atom is 0.184 e. The normalized spacial score (nSPS) is 43.6. The molecule has 1 heterocycles. The number of aliphatic hydroxyl groups is 4. The summed E-state index contributed by atoms with van der Waals surface area (Å²) >= 11 is 0. The van der Waals surface area contributed by atoms with E-state index in [2.05, 4.69) is 4.74 Å². The van der Waals surface area contributed by atoms with Gasteiger partial charge in [0.25, 0.3) is 0 Å². The quantitative estimate of drug-likeness (QED) is 0.403. The van der Waals surface area contributed by atoms with Crippen LogP contribution in [0.5, 0.6) is 0 Å². The summed E-state index contributed by atoms with van der Waals surface area (Å²) in [6.45, 7) is -0.407. The maximum atomic E-state index is 8.93. The Kier molecular flexibility index (Phi) is 5.21. The third kappa shape index (κ3) is 2.42. The molecule has 6 heteroatoms.